The van der Waals surface area contributed by atoms with Crippen LogP contribution in [0.2, 0.25) is 5.02 Å². The second-order valence-corrected chi connectivity index (χ2v) is 7.91. The highest BCUT2D eigenvalue weighted by Crippen LogP contribution is 2.53. The van der Waals surface area contributed by atoms with Gasteiger partial charge in [-0.15, -0.1) is 5.10 Å². The normalized spacial score (nSPS) is 22.5. The molecule has 1 saturated heterocycles. The van der Waals surface area contributed by atoms with Gasteiger partial charge in [0, 0.05) is 32.0 Å². The maximum absolute atomic E-state index is 6.29. The minimum Gasteiger partial charge on any atom is -0.340 e. The largest absolute Gasteiger partial charge is 0.340 e. The summed E-state index contributed by atoms with van der Waals surface area (Å²) >= 11 is 6.29. The van der Waals surface area contributed by atoms with Gasteiger partial charge in [0.15, 0.2) is 11.5 Å². The van der Waals surface area contributed by atoms with E-state index >= 15 is 0 Å². The van der Waals surface area contributed by atoms with E-state index in [-0.39, 0.29) is 0 Å². The van der Waals surface area contributed by atoms with Crippen molar-refractivity contribution in [2.75, 3.05) is 18.0 Å². The Bertz CT molecular complexity index is 999. The lowest BCUT2D eigenvalue weighted by molar-refractivity contribution is 0.691. The summed E-state index contributed by atoms with van der Waals surface area (Å²) in [6.45, 7) is 6.12. The molecule has 2 unspecified atom stereocenters. The molecule has 2 atom stereocenters. The Morgan fingerprint density at radius 3 is 2.62 bits per heavy atom. The highest BCUT2D eigenvalue weighted by molar-refractivity contribution is 6.31. The molecule has 2 aliphatic rings. The summed E-state index contributed by atoms with van der Waals surface area (Å²) in [6.07, 6.45) is 3.48. The van der Waals surface area contributed by atoms with Crippen LogP contribution in [0.5, 0.6) is 0 Å². The number of rotatable bonds is 3. The molecule has 0 N–H and O–H groups in total. The average Bonchev–Trinajstić information content (AvgIpc) is 3.01. The molecule has 1 saturated carbocycles. The van der Waals surface area contributed by atoms with Crippen LogP contribution in [0, 0.1) is 13.8 Å². The number of fused-ring (bicyclic) bond motifs is 1. The Morgan fingerprint density at radius 2 is 1.85 bits per heavy atom. The molecule has 0 bridgehead atoms. The van der Waals surface area contributed by atoms with Crippen LogP contribution in [0.25, 0.3) is 5.65 Å². The van der Waals surface area contributed by atoms with Crippen LogP contribution in [-0.2, 0) is 7.05 Å². The lowest BCUT2D eigenvalue weighted by Crippen LogP contribution is -2.19. The number of pyridine rings is 1. The highest BCUT2D eigenvalue weighted by atomic mass is 35.5. The summed E-state index contributed by atoms with van der Waals surface area (Å²) in [5.41, 5.74) is 2.87. The van der Waals surface area contributed by atoms with Crippen molar-refractivity contribution in [3.05, 3.63) is 34.0 Å². The number of hydrogen-bond acceptors (Lipinski definition) is 5. The zero-order valence-corrected chi connectivity index (χ0v) is 16.0. The maximum Gasteiger partial charge on any atom is 0.244 e. The first-order valence-corrected chi connectivity index (χ1v) is 9.59. The van der Waals surface area contributed by atoms with Crippen molar-refractivity contribution in [2.24, 2.45) is 7.05 Å². The molecular weight excluding hydrogens is 350 g/mol. The monoisotopic (exact) mass is 371 g/mol. The average molecular weight is 372 g/mol. The number of hydrogen-bond donors (Lipinski definition) is 0. The quantitative estimate of drug-likeness (QED) is 0.708. The van der Waals surface area contributed by atoms with E-state index in [1.165, 1.54) is 12.8 Å². The summed E-state index contributed by atoms with van der Waals surface area (Å²) in [5, 5.41) is 10.1. The van der Waals surface area contributed by atoms with Crippen LogP contribution in [-0.4, -0.2) is 42.5 Å². The van der Waals surface area contributed by atoms with Gasteiger partial charge in [0.05, 0.1) is 10.7 Å². The number of halogens is 1. The molecule has 0 spiro atoms. The number of nitrogens with zero attached hydrogens (tertiary/aromatic N) is 7. The van der Waals surface area contributed by atoms with Gasteiger partial charge >= 0.3 is 0 Å². The van der Waals surface area contributed by atoms with Gasteiger partial charge in [-0.2, -0.15) is 10.1 Å². The molecule has 3 aromatic heterocycles. The number of anilines is 1. The summed E-state index contributed by atoms with van der Waals surface area (Å²) in [4.78, 5) is 11.9. The van der Waals surface area contributed by atoms with Gasteiger partial charge in [-0.05, 0) is 44.7 Å². The molecule has 5 rings (SSSR count). The Hall–Kier alpha value is -2.15. The molecule has 4 heterocycles. The second-order valence-electron chi connectivity index (χ2n) is 7.50. The molecular formula is C18H22ClN7. The molecule has 3 aromatic rings. The third-order valence-electron chi connectivity index (χ3n) is 5.61. The van der Waals surface area contributed by atoms with Crippen LogP contribution < -0.4 is 4.90 Å². The van der Waals surface area contributed by atoms with Crippen LogP contribution in [0.4, 0.5) is 5.95 Å². The Morgan fingerprint density at radius 1 is 1.08 bits per heavy atom. The molecule has 0 radical (unpaired) electrons. The molecule has 8 heteroatoms. The van der Waals surface area contributed by atoms with Crippen LogP contribution in [0.3, 0.4) is 0 Å². The molecule has 1 aliphatic heterocycles. The molecule has 26 heavy (non-hydrogen) atoms. The Balaban J connectivity index is 1.45. The van der Waals surface area contributed by atoms with Crippen molar-refractivity contribution in [2.45, 2.75) is 44.9 Å². The van der Waals surface area contributed by atoms with Crippen molar-refractivity contribution in [1.82, 2.24) is 29.4 Å². The molecule has 0 aromatic carbocycles. The second kappa shape index (κ2) is 5.67. The summed E-state index contributed by atoms with van der Waals surface area (Å²) in [6, 6.07) is 1.96. The van der Waals surface area contributed by atoms with Gasteiger partial charge in [-0.1, -0.05) is 11.6 Å². The number of aryl methyl sites for hydroxylation is 3. The molecule has 2 fully saturated rings. The fraction of sp³-hybridized carbons (Fsp3) is 0.556. The third kappa shape index (κ3) is 2.40. The van der Waals surface area contributed by atoms with Crippen molar-refractivity contribution < 1.29 is 0 Å². The predicted molar refractivity (Wildman–Crippen MR) is 100 cm³/mol. The lowest BCUT2D eigenvalue weighted by atomic mass is 10.2. The van der Waals surface area contributed by atoms with Crippen molar-refractivity contribution in [3.8, 4) is 0 Å². The van der Waals surface area contributed by atoms with Crippen molar-refractivity contribution in [1.29, 1.82) is 0 Å². The first-order chi connectivity index (χ1) is 12.5. The van der Waals surface area contributed by atoms with Crippen LogP contribution >= 0.6 is 11.6 Å². The topological polar surface area (TPSA) is 64.1 Å². The van der Waals surface area contributed by atoms with Gasteiger partial charge in [0.25, 0.3) is 0 Å². The first-order valence-electron chi connectivity index (χ1n) is 9.21. The minimum atomic E-state index is 0.307. The maximum atomic E-state index is 6.29. The van der Waals surface area contributed by atoms with Gasteiger partial charge in [0.2, 0.25) is 5.95 Å². The summed E-state index contributed by atoms with van der Waals surface area (Å²) < 4.78 is 3.80. The summed E-state index contributed by atoms with van der Waals surface area (Å²) in [7, 11) is 1.99. The predicted octanol–water partition coefficient (Wildman–Crippen LogP) is 3.00. The standard InChI is InChI=1S/C18H22ClN7/c1-10-8-14(19)11(2)26-16(10)20-15(22-26)12-9-13(12)17-21-18(23-24(17)3)25-6-4-5-7-25/h8,12-13H,4-7,9H2,1-3H3. The molecule has 0 amide bonds. The number of aromatic nitrogens is 6. The van der Waals surface area contributed by atoms with E-state index in [0.29, 0.717) is 11.8 Å². The fourth-order valence-corrected chi connectivity index (χ4v) is 4.20. The summed E-state index contributed by atoms with van der Waals surface area (Å²) in [5.74, 6) is 3.45. The van der Waals surface area contributed by atoms with Crippen molar-refractivity contribution in [3.63, 3.8) is 0 Å². The van der Waals surface area contributed by atoms with Crippen molar-refractivity contribution >= 4 is 23.2 Å². The molecule has 1 aliphatic carbocycles. The zero-order valence-electron chi connectivity index (χ0n) is 15.3. The van der Waals surface area contributed by atoms with E-state index < -0.39 is 0 Å². The SMILES string of the molecule is Cc1cc(Cl)c(C)n2nc(C3CC3c3nc(N4CCCC4)nn3C)nc12. The lowest BCUT2D eigenvalue weighted by Gasteiger charge is -2.10. The van der Waals surface area contributed by atoms with Gasteiger partial charge in [-0.3, -0.25) is 4.68 Å². The first kappa shape index (κ1) is 16.1. The Kier molecular flexibility index (Phi) is 3.50. The van der Waals surface area contributed by atoms with E-state index in [4.69, 9.17) is 26.7 Å². The van der Waals surface area contributed by atoms with E-state index in [0.717, 1.165) is 59.0 Å². The molecule has 136 valence electrons. The van der Waals surface area contributed by atoms with E-state index in [2.05, 4.69) is 10.00 Å². The smallest absolute Gasteiger partial charge is 0.244 e. The van der Waals surface area contributed by atoms with E-state index in [1.54, 1.807) is 0 Å². The van der Waals surface area contributed by atoms with Crippen LogP contribution in [0.1, 0.15) is 54.0 Å². The minimum absolute atomic E-state index is 0.307. The zero-order chi connectivity index (χ0) is 18.0. The fourth-order valence-electron chi connectivity index (χ4n) is 3.96. The third-order valence-corrected chi connectivity index (χ3v) is 5.99. The highest BCUT2D eigenvalue weighted by Gasteiger charge is 2.46. The van der Waals surface area contributed by atoms with Gasteiger partial charge in [-0.25, -0.2) is 9.50 Å². The molecule has 7 nitrogen and oxygen atoms in total. The van der Waals surface area contributed by atoms with E-state index in [9.17, 15) is 0 Å². The van der Waals surface area contributed by atoms with Gasteiger partial charge < -0.3 is 4.90 Å². The van der Waals surface area contributed by atoms with Crippen LogP contribution in [0.15, 0.2) is 6.07 Å². The Labute approximate surface area is 157 Å². The van der Waals surface area contributed by atoms with Gasteiger partial charge in [0.1, 0.15) is 5.82 Å². The van der Waals surface area contributed by atoms with E-state index in [1.807, 2.05) is 36.2 Å².